The second-order valence-electron chi connectivity index (χ2n) is 4.57. The van der Waals surface area contributed by atoms with E-state index in [4.69, 9.17) is 0 Å². The largest absolute Gasteiger partial charge is 0.385 e. The quantitative estimate of drug-likeness (QED) is 0.869. The van der Waals surface area contributed by atoms with E-state index in [0.29, 0.717) is 6.04 Å². The molecule has 17 heavy (non-hydrogen) atoms. The number of nitrogens with zero attached hydrogens (tertiary/aromatic N) is 1. The topological polar surface area (TPSA) is 32.3 Å². The molecule has 3 nitrogen and oxygen atoms in total. The molecule has 1 aliphatic heterocycles. The third-order valence-corrected chi connectivity index (χ3v) is 3.34. The number of hydrogen-bond acceptors (Lipinski definition) is 2. The molecule has 1 aromatic rings. The zero-order chi connectivity index (χ0) is 12.3. The Bertz CT molecular complexity index is 403. The van der Waals surface area contributed by atoms with Gasteiger partial charge < -0.3 is 10.2 Å². The minimum atomic E-state index is 0.159. The predicted molar refractivity (Wildman–Crippen MR) is 70.3 cm³/mol. The fourth-order valence-corrected chi connectivity index (χ4v) is 2.40. The number of anilines is 1. The van der Waals surface area contributed by atoms with Gasteiger partial charge in [0.25, 0.3) is 5.91 Å². The molecule has 1 N–H and O–H groups in total. The molecule has 2 rings (SSSR count). The third-order valence-electron chi connectivity index (χ3n) is 3.34. The Morgan fingerprint density at radius 1 is 1.47 bits per heavy atom. The van der Waals surface area contributed by atoms with Crippen LogP contribution in [0.5, 0.6) is 0 Å². The molecule has 1 amide bonds. The van der Waals surface area contributed by atoms with Crippen molar-refractivity contribution in [3.63, 3.8) is 0 Å². The average molecular weight is 232 g/mol. The minimum Gasteiger partial charge on any atom is -0.385 e. The molecule has 1 aromatic carbocycles. The van der Waals surface area contributed by atoms with E-state index >= 15 is 0 Å². The van der Waals surface area contributed by atoms with E-state index in [1.165, 1.54) is 0 Å². The van der Waals surface area contributed by atoms with Gasteiger partial charge in [-0.25, -0.2) is 0 Å². The van der Waals surface area contributed by atoms with Gasteiger partial charge in [0.1, 0.15) is 0 Å². The first-order valence-electron chi connectivity index (χ1n) is 6.38. The fraction of sp³-hybridized carbons (Fsp3) is 0.500. The van der Waals surface area contributed by atoms with Crippen LogP contribution in [0.2, 0.25) is 0 Å². The van der Waals surface area contributed by atoms with Crippen molar-refractivity contribution in [1.29, 1.82) is 0 Å². The molecule has 1 heterocycles. The summed E-state index contributed by atoms with van der Waals surface area (Å²) >= 11 is 0. The molecule has 1 unspecified atom stereocenters. The number of carbonyl (C=O) groups is 1. The van der Waals surface area contributed by atoms with Crippen LogP contribution in [-0.2, 0) is 0 Å². The molecule has 0 aliphatic carbocycles. The summed E-state index contributed by atoms with van der Waals surface area (Å²) in [6, 6.07) is 8.14. The molecule has 3 heteroatoms. The van der Waals surface area contributed by atoms with Crippen molar-refractivity contribution in [3.05, 3.63) is 29.8 Å². The van der Waals surface area contributed by atoms with E-state index in [9.17, 15) is 4.79 Å². The van der Waals surface area contributed by atoms with E-state index in [2.05, 4.69) is 12.2 Å². The van der Waals surface area contributed by atoms with Crippen LogP contribution >= 0.6 is 0 Å². The van der Waals surface area contributed by atoms with Gasteiger partial charge in [0.05, 0.1) is 5.56 Å². The van der Waals surface area contributed by atoms with Gasteiger partial charge in [-0.2, -0.15) is 0 Å². The first-order chi connectivity index (χ1) is 8.24. The Morgan fingerprint density at radius 2 is 2.24 bits per heavy atom. The zero-order valence-corrected chi connectivity index (χ0v) is 10.6. The van der Waals surface area contributed by atoms with Gasteiger partial charge in [-0.3, -0.25) is 4.79 Å². The van der Waals surface area contributed by atoms with Crippen molar-refractivity contribution in [2.75, 3.05) is 18.4 Å². The molecule has 1 saturated heterocycles. The summed E-state index contributed by atoms with van der Waals surface area (Å²) in [4.78, 5) is 14.4. The molecular formula is C14H20N2O. The van der Waals surface area contributed by atoms with Crippen molar-refractivity contribution in [3.8, 4) is 0 Å². The van der Waals surface area contributed by atoms with Crippen LogP contribution in [-0.4, -0.2) is 29.9 Å². The number of nitrogens with one attached hydrogen (secondary N) is 1. The summed E-state index contributed by atoms with van der Waals surface area (Å²) < 4.78 is 0. The highest BCUT2D eigenvalue weighted by Crippen LogP contribution is 2.23. The summed E-state index contributed by atoms with van der Waals surface area (Å²) in [6.45, 7) is 5.89. The minimum absolute atomic E-state index is 0.159. The highest BCUT2D eigenvalue weighted by Gasteiger charge is 2.27. The molecule has 0 radical (unpaired) electrons. The maximum atomic E-state index is 12.4. The molecule has 1 fully saturated rings. The van der Waals surface area contributed by atoms with Crippen molar-refractivity contribution in [2.24, 2.45) is 0 Å². The number of para-hydroxylation sites is 1. The smallest absolute Gasteiger partial charge is 0.256 e. The highest BCUT2D eigenvalue weighted by molar-refractivity contribution is 5.99. The van der Waals surface area contributed by atoms with Crippen LogP contribution in [0, 0.1) is 0 Å². The molecule has 0 saturated carbocycles. The molecule has 1 atom stereocenters. The van der Waals surface area contributed by atoms with Gasteiger partial charge >= 0.3 is 0 Å². The Hall–Kier alpha value is -1.51. The van der Waals surface area contributed by atoms with E-state index in [0.717, 1.165) is 37.2 Å². The number of carbonyl (C=O) groups excluding carboxylic acids is 1. The standard InChI is InChI=1S/C14H20N2O/c1-3-15-13-9-5-4-8-12(13)14(17)16-10-6-7-11(16)2/h4-5,8-9,11,15H,3,6-7,10H2,1-2H3. The lowest BCUT2D eigenvalue weighted by molar-refractivity contribution is 0.0748. The highest BCUT2D eigenvalue weighted by atomic mass is 16.2. The predicted octanol–water partition coefficient (Wildman–Crippen LogP) is 2.74. The maximum Gasteiger partial charge on any atom is 0.256 e. The van der Waals surface area contributed by atoms with Crippen molar-refractivity contribution >= 4 is 11.6 Å². The average Bonchev–Trinajstić information content (AvgIpc) is 2.76. The van der Waals surface area contributed by atoms with Crippen LogP contribution in [0.1, 0.15) is 37.0 Å². The zero-order valence-electron chi connectivity index (χ0n) is 10.6. The summed E-state index contributed by atoms with van der Waals surface area (Å²) in [5.74, 6) is 0.159. The molecule has 0 aromatic heterocycles. The lowest BCUT2D eigenvalue weighted by atomic mass is 10.1. The van der Waals surface area contributed by atoms with Crippen LogP contribution < -0.4 is 5.32 Å². The van der Waals surface area contributed by atoms with Crippen LogP contribution in [0.25, 0.3) is 0 Å². The monoisotopic (exact) mass is 232 g/mol. The lowest BCUT2D eigenvalue weighted by Gasteiger charge is -2.22. The van der Waals surface area contributed by atoms with Crippen LogP contribution in [0.3, 0.4) is 0 Å². The Morgan fingerprint density at radius 3 is 2.88 bits per heavy atom. The number of amides is 1. The summed E-state index contributed by atoms with van der Waals surface area (Å²) in [5.41, 5.74) is 1.74. The SMILES string of the molecule is CCNc1ccccc1C(=O)N1CCCC1C. The third kappa shape index (κ3) is 2.43. The fourth-order valence-electron chi connectivity index (χ4n) is 2.40. The first kappa shape index (κ1) is 12.0. The molecule has 0 bridgehead atoms. The van der Waals surface area contributed by atoms with Crippen LogP contribution in [0.4, 0.5) is 5.69 Å². The second kappa shape index (κ2) is 5.21. The Labute approximate surface area is 103 Å². The number of likely N-dealkylation sites (tertiary alicyclic amines) is 1. The van der Waals surface area contributed by atoms with E-state index in [1.807, 2.05) is 36.1 Å². The first-order valence-corrected chi connectivity index (χ1v) is 6.38. The maximum absolute atomic E-state index is 12.4. The lowest BCUT2D eigenvalue weighted by Crippen LogP contribution is -2.34. The van der Waals surface area contributed by atoms with Crippen molar-refractivity contribution in [2.45, 2.75) is 32.7 Å². The molecular weight excluding hydrogens is 212 g/mol. The van der Waals surface area contributed by atoms with E-state index in [-0.39, 0.29) is 5.91 Å². The van der Waals surface area contributed by atoms with Crippen molar-refractivity contribution < 1.29 is 4.79 Å². The van der Waals surface area contributed by atoms with Gasteiger partial charge in [-0.15, -0.1) is 0 Å². The number of hydrogen-bond donors (Lipinski definition) is 1. The van der Waals surface area contributed by atoms with Gasteiger partial charge in [0, 0.05) is 24.8 Å². The van der Waals surface area contributed by atoms with Gasteiger partial charge in [-0.1, -0.05) is 12.1 Å². The van der Waals surface area contributed by atoms with Crippen LogP contribution in [0.15, 0.2) is 24.3 Å². The van der Waals surface area contributed by atoms with E-state index in [1.54, 1.807) is 0 Å². The second-order valence-corrected chi connectivity index (χ2v) is 4.57. The summed E-state index contributed by atoms with van der Waals surface area (Å²) in [6.07, 6.45) is 2.24. The normalized spacial score (nSPS) is 19.4. The van der Waals surface area contributed by atoms with Crippen molar-refractivity contribution in [1.82, 2.24) is 4.90 Å². The van der Waals surface area contributed by atoms with E-state index < -0.39 is 0 Å². The van der Waals surface area contributed by atoms with Gasteiger partial charge in [0.2, 0.25) is 0 Å². The summed E-state index contributed by atoms with van der Waals surface area (Å²) in [7, 11) is 0. The molecule has 92 valence electrons. The number of benzene rings is 1. The Balaban J connectivity index is 2.23. The number of rotatable bonds is 3. The molecule has 0 spiro atoms. The Kier molecular flexibility index (Phi) is 3.67. The molecule has 1 aliphatic rings. The summed E-state index contributed by atoms with van der Waals surface area (Å²) in [5, 5.41) is 3.25. The van der Waals surface area contributed by atoms with Gasteiger partial charge in [-0.05, 0) is 38.8 Å². The van der Waals surface area contributed by atoms with Gasteiger partial charge in [0.15, 0.2) is 0 Å².